The maximum atomic E-state index is 13.1. The molecule has 114 valence electrons. The molecule has 0 saturated carbocycles. The van der Waals surface area contributed by atoms with Crippen molar-refractivity contribution in [3.63, 3.8) is 0 Å². The molecule has 0 saturated heterocycles. The number of halogens is 3. The summed E-state index contributed by atoms with van der Waals surface area (Å²) in [5.41, 5.74) is -0.611. The van der Waals surface area contributed by atoms with Crippen LogP contribution in [0.4, 0.5) is 18.9 Å². The summed E-state index contributed by atoms with van der Waals surface area (Å²) in [6, 6.07) is 4.65. The topological polar surface area (TPSA) is 50.7 Å². The van der Waals surface area contributed by atoms with Crippen LogP contribution in [0.5, 0.6) is 5.75 Å². The van der Waals surface area contributed by atoms with Crippen molar-refractivity contribution in [3.8, 4) is 5.75 Å². The maximum absolute atomic E-state index is 13.1. The first-order chi connectivity index (χ1) is 10.3. The molecule has 0 unspecified atom stereocenters. The van der Waals surface area contributed by atoms with E-state index < -0.39 is 17.6 Å². The molecule has 0 bridgehead atoms. The van der Waals surface area contributed by atoms with Gasteiger partial charge in [0, 0.05) is 11.3 Å². The van der Waals surface area contributed by atoms with Crippen LogP contribution in [0.25, 0.3) is 0 Å². The number of allylic oxidation sites excluding steroid dienone is 2. The second kappa shape index (κ2) is 4.72. The van der Waals surface area contributed by atoms with Crippen LogP contribution in [0.2, 0.25) is 0 Å². The summed E-state index contributed by atoms with van der Waals surface area (Å²) in [4.78, 5) is 15.1. The van der Waals surface area contributed by atoms with Crippen molar-refractivity contribution in [2.24, 2.45) is 4.99 Å². The van der Waals surface area contributed by atoms with Crippen molar-refractivity contribution in [2.75, 3.05) is 12.4 Å². The number of carbonyl (C=O) groups is 1. The van der Waals surface area contributed by atoms with Crippen molar-refractivity contribution >= 4 is 17.3 Å². The molecular weight excluding hydrogens is 297 g/mol. The van der Waals surface area contributed by atoms with E-state index >= 15 is 0 Å². The Morgan fingerprint density at radius 2 is 1.91 bits per heavy atom. The summed E-state index contributed by atoms with van der Waals surface area (Å²) in [6.45, 7) is 0. The number of hydrogen-bond acceptors (Lipinski definition) is 4. The molecule has 1 aliphatic heterocycles. The van der Waals surface area contributed by atoms with Crippen LogP contribution < -0.4 is 10.1 Å². The minimum Gasteiger partial charge on any atom is -0.497 e. The normalized spacial score (nSPS) is 18.7. The molecule has 1 N–H and O–H groups in total. The van der Waals surface area contributed by atoms with Gasteiger partial charge in [-0.15, -0.1) is 0 Å². The van der Waals surface area contributed by atoms with E-state index in [0.29, 0.717) is 11.3 Å². The number of rotatable bonds is 1. The molecule has 0 amide bonds. The first-order valence-corrected chi connectivity index (χ1v) is 6.39. The summed E-state index contributed by atoms with van der Waals surface area (Å²) in [7, 11) is 1.46. The third kappa shape index (κ3) is 2.28. The highest BCUT2D eigenvalue weighted by Crippen LogP contribution is 2.42. The number of anilines is 1. The lowest BCUT2D eigenvalue weighted by molar-refractivity contribution is -0.110. The lowest BCUT2D eigenvalue weighted by Gasteiger charge is -2.34. The number of hydrogen-bond donors (Lipinski definition) is 1. The van der Waals surface area contributed by atoms with E-state index in [-0.39, 0.29) is 11.5 Å². The number of nitrogens with zero attached hydrogens (tertiary/aromatic N) is 1. The van der Waals surface area contributed by atoms with Crippen LogP contribution >= 0.6 is 0 Å². The van der Waals surface area contributed by atoms with Gasteiger partial charge in [0.25, 0.3) is 0 Å². The van der Waals surface area contributed by atoms with Crippen LogP contribution in [0.1, 0.15) is 5.56 Å². The van der Waals surface area contributed by atoms with Crippen molar-refractivity contribution in [2.45, 2.75) is 11.7 Å². The summed E-state index contributed by atoms with van der Waals surface area (Å²) >= 11 is 0. The van der Waals surface area contributed by atoms with Gasteiger partial charge in [0.1, 0.15) is 11.3 Å². The van der Waals surface area contributed by atoms with Crippen LogP contribution in [0, 0.1) is 0 Å². The quantitative estimate of drug-likeness (QED) is 0.868. The van der Waals surface area contributed by atoms with Crippen molar-refractivity contribution < 1.29 is 22.7 Å². The number of ether oxygens (including phenoxy) is 1. The van der Waals surface area contributed by atoms with Crippen LogP contribution in [-0.2, 0) is 10.3 Å². The van der Waals surface area contributed by atoms with E-state index in [9.17, 15) is 18.0 Å². The van der Waals surface area contributed by atoms with Crippen molar-refractivity contribution in [3.05, 3.63) is 48.1 Å². The molecule has 1 spiro atoms. The Bertz CT molecular complexity index is 717. The number of benzene rings is 1. The Morgan fingerprint density at radius 3 is 2.50 bits per heavy atom. The predicted octanol–water partition coefficient (Wildman–Crippen LogP) is 2.97. The van der Waals surface area contributed by atoms with Gasteiger partial charge in [-0.2, -0.15) is 13.2 Å². The lowest BCUT2D eigenvalue weighted by Crippen LogP contribution is -2.39. The highest BCUT2D eigenvalue weighted by atomic mass is 19.4. The highest BCUT2D eigenvalue weighted by Gasteiger charge is 2.44. The fourth-order valence-corrected chi connectivity index (χ4v) is 2.41. The number of alkyl halides is 3. The number of amidine groups is 1. The minimum atomic E-state index is -4.62. The van der Waals surface area contributed by atoms with Gasteiger partial charge in [0.05, 0.1) is 7.11 Å². The van der Waals surface area contributed by atoms with Gasteiger partial charge in [-0.1, -0.05) is 0 Å². The molecule has 1 aliphatic carbocycles. The van der Waals surface area contributed by atoms with E-state index in [4.69, 9.17) is 4.74 Å². The Labute approximate surface area is 124 Å². The summed E-state index contributed by atoms with van der Waals surface area (Å²) in [5.74, 6) is -0.907. The van der Waals surface area contributed by atoms with Crippen molar-refractivity contribution in [1.29, 1.82) is 0 Å². The number of nitrogens with one attached hydrogen (secondary N) is 1. The Hall–Kier alpha value is -2.57. The average molecular weight is 308 g/mol. The van der Waals surface area contributed by atoms with Gasteiger partial charge < -0.3 is 10.1 Å². The smallest absolute Gasteiger partial charge is 0.449 e. The number of methoxy groups -OCH3 is 1. The molecule has 7 heteroatoms. The fourth-order valence-electron chi connectivity index (χ4n) is 2.41. The molecule has 2 aliphatic rings. The number of aliphatic imine (C=N–C) groups is 1. The number of fused-ring (bicyclic) bond motifs is 2. The van der Waals surface area contributed by atoms with Gasteiger partial charge >= 0.3 is 6.18 Å². The Morgan fingerprint density at radius 1 is 1.23 bits per heavy atom. The Balaban J connectivity index is 2.21. The molecule has 1 heterocycles. The summed E-state index contributed by atoms with van der Waals surface area (Å²) in [5, 5.41) is 2.29. The molecule has 0 aromatic heterocycles. The highest BCUT2D eigenvalue weighted by molar-refractivity contribution is 6.05. The third-order valence-corrected chi connectivity index (χ3v) is 3.48. The van der Waals surface area contributed by atoms with Gasteiger partial charge in [0.15, 0.2) is 5.78 Å². The second-order valence-corrected chi connectivity index (χ2v) is 4.89. The van der Waals surface area contributed by atoms with Gasteiger partial charge in [0.2, 0.25) is 5.84 Å². The van der Waals surface area contributed by atoms with E-state index in [1.165, 1.54) is 37.5 Å². The van der Waals surface area contributed by atoms with Gasteiger partial charge in [-0.25, -0.2) is 4.99 Å². The number of ketones is 1. The summed E-state index contributed by atoms with van der Waals surface area (Å²) in [6.07, 6.45) is 0.534. The largest absolute Gasteiger partial charge is 0.497 e. The van der Waals surface area contributed by atoms with Gasteiger partial charge in [-0.05, 0) is 42.5 Å². The molecule has 0 atom stereocenters. The molecule has 4 nitrogen and oxygen atoms in total. The number of carbonyl (C=O) groups excluding carboxylic acids is 1. The lowest BCUT2D eigenvalue weighted by atomic mass is 9.84. The standard InChI is InChI=1S/C15H11F3N2O2/c1-22-10-2-3-12-11(8-10)14(6-4-9(21)5-7-14)20-13(19-12)15(16,17)18/h2-8H,1H3,(H,19,20). The first-order valence-electron chi connectivity index (χ1n) is 6.39. The molecule has 0 fully saturated rings. The SMILES string of the molecule is COc1ccc2c(c1)C1(C=CC(=O)C=C1)N=C(C(F)(F)F)N2. The molecule has 1 aromatic rings. The molecule has 22 heavy (non-hydrogen) atoms. The zero-order valence-corrected chi connectivity index (χ0v) is 11.4. The monoisotopic (exact) mass is 308 g/mol. The predicted molar refractivity (Wildman–Crippen MR) is 75.1 cm³/mol. The van der Waals surface area contributed by atoms with Crippen LogP contribution in [-0.4, -0.2) is 24.9 Å². The summed E-state index contributed by atoms with van der Waals surface area (Å²) < 4.78 is 44.3. The van der Waals surface area contributed by atoms with Crippen LogP contribution in [0.15, 0.2) is 47.5 Å². The zero-order valence-electron chi connectivity index (χ0n) is 11.4. The fraction of sp³-hybridized carbons (Fsp3) is 0.200. The molecular formula is C15H11F3N2O2. The van der Waals surface area contributed by atoms with E-state index in [1.807, 2.05) is 0 Å². The van der Waals surface area contributed by atoms with Crippen molar-refractivity contribution in [1.82, 2.24) is 0 Å². The first kappa shape index (κ1) is 14.4. The molecule has 1 aromatic carbocycles. The van der Waals surface area contributed by atoms with Crippen LogP contribution in [0.3, 0.4) is 0 Å². The maximum Gasteiger partial charge on any atom is 0.449 e. The zero-order chi connectivity index (χ0) is 16.0. The van der Waals surface area contributed by atoms with E-state index in [0.717, 1.165) is 0 Å². The second-order valence-electron chi connectivity index (χ2n) is 4.89. The van der Waals surface area contributed by atoms with Gasteiger partial charge in [-0.3, -0.25) is 4.79 Å². The van der Waals surface area contributed by atoms with E-state index in [2.05, 4.69) is 10.3 Å². The Kier molecular flexibility index (Phi) is 3.09. The minimum absolute atomic E-state index is 0.270. The third-order valence-electron chi connectivity index (χ3n) is 3.48. The molecule has 3 rings (SSSR count). The molecule has 0 radical (unpaired) electrons. The van der Waals surface area contributed by atoms with E-state index in [1.54, 1.807) is 12.1 Å². The average Bonchev–Trinajstić information content (AvgIpc) is 2.49.